The summed E-state index contributed by atoms with van der Waals surface area (Å²) in [4.78, 5) is -0.00944. The molecule has 1 N–H and O–H groups in total. The van der Waals surface area contributed by atoms with E-state index in [1.807, 2.05) is 6.92 Å². The molecule has 0 amide bonds. The smallest absolute Gasteiger partial charge is 0.139 e. The molecule has 1 aliphatic carbocycles. The summed E-state index contributed by atoms with van der Waals surface area (Å²) in [6, 6.07) is 3.28. The van der Waals surface area contributed by atoms with E-state index in [0.717, 1.165) is 44.0 Å². The molecule has 1 aliphatic rings. The zero-order valence-electron chi connectivity index (χ0n) is 10.3. The van der Waals surface area contributed by atoms with Crippen molar-refractivity contribution in [3.8, 4) is 0 Å². The van der Waals surface area contributed by atoms with E-state index >= 15 is 0 Å². The fourth-order valence-corrected chi connectivity index (χ4v) is 4.20. The van der Waals surface area contributed by atoms with Crippen LogP contribution in [0.2, 0.25) is 0 Å². The second-order valence-electron chi connectivity index (χ2n) is 4.51. The van der Waals surface area contributed by atoms with Crippen molar-refractivity contribution in [2.75, 3.05) is 6.54 Å². The Balaban J connectivity index is 2.22. The molecule has 5 heteroatoms. The summed E-state index contributed by atoms with van der Waals surface area (Å²) in [5.41, 5.74) is 0. The number of hydrogen-bond acceptors (Lipinski definition) is 2. The van der Waals surface area contributed by atoms with Crippen molar-refractivity contribution in [1.29, 1.82) is 0 Å². The molecule has 3 unspecified atom stereocenters. The minimum Gasteiger partial charge on any atom is -0.313 e. The normalized spacial score (nSPS) is 25.3. The zero-order valence-corrected chi connectivity index (χ0v) is 11.1. The van der Waals surface area contributed by atoms with Gasteiger partial charge in [-0.05, 0) is 37.6 Å². The first kappa shape index (κ1) is 13.6. The maximum atomic E-state index is 13.6. The van der Waals surface area contributed by atoms with Crippen molar-refractivity contribution in [2.24, 2.45) is 0 Å². The number of halogens is 2. The zero-order chi connectivity index (χ0) is 13.1. The van der Waals surface area contributed by atoms with E-state index in [2.05, 4.69) is 5.32 Å². The monoisotopic (exact) mass is 273 g/mol. The number of hydrogen-bond donors (Lipinski definition) is 1. The lowest BCUT2D eigenvalue weighted by Gasteiger charge is -2.20. The number of benzene rings is 1. The van der Waals surface area contributed by atoms with Crippen LogP contribution in [-0.2, 0) is 10.8 Å². The third-order valence-corrected chi connectivity index (χ3v) is 5.16. The standard InChI is InChI=1S/C13H17F2NOS/c1-2-16-11-4-3-5-12(11)18(17)13-8-9(14)6-7-10(13)15/h6-8,11-12,16H,2-5H2,1H3. The van der Waals surface area contributed by atoms with Crippen LogP contribution in [0.5, 0.6) is 0 Å². The van der Waals surface area contributed by atoms with Crippen molar-refractivity contribution in [1.82, 2.24) is 5.32 Å². The van der Waals surface area contributed by atoms with Gasteiger partial charge in [0.1, 0.15) is 11.6 Å². The molecule has 1 aromatic rings. The topological polar surface area (TPSA) is 29.1 Å². The lowest BCUT2D eigenvalue weighted by Crippen LogP contribution is -2.38. The van der Waals surface area contributed by atoms with Gasteiger partial charge >= 0.3 is 0 Å². The highest BCUT2D eigenvalue weighted by Crippen LogP contribution is 2.28. The van der Waals surface area contributed by atoms with E-state index in [-0.39, 0.29) is 16.2 Å². The molecule has 0 radical (unpaired) electrons. The second kappa shape index (κ2) is 5.89. The van der Waals surface area contributed by atoms with Crippen molar-refractivity contribution < 1.29 is 13.0 Å². The molecule has 0 saturated heterocycles. The Morgan fingerprint density at radius 1 is 1.39 bits per heavy atom. The largest absolute Gasteiger partial charge is 0.313 e. The third-order valence-electron chi connectivity index (χ3n) is 3.30. The Labute approximate surface area is 108 Å². The SMILES string of the molecule is CCNC1CCCC1S(=O)c1cc(F)ccc1F. The van der Waals surface area contributed by atoms with Crippen LogP contribution in [0.1, 0.15) is 26.2 Å². The van der Waals surface area contributed by atoms with Gasteiger partial charge in [0, 0.05) is 6.04 Å². The minimum absolute atomic E-state index is 0.00944. The summed E-state index contributed by atoms with van der Waals surface area (Å²) in [6.45, 7) is 2.78. The van der Waals surface area contributed by atoms with Crippen LogP contribution in [0.15, 0.2) is 23.1 Å². The van der Waals surface area contributed by atoms with Gasteiger partial charge in [-0.2, -0.15) is 0 Å². The van der Waals surface area contributed by atoms with Gasteiger partial charge in [-0.1, -0.05) is 13.3 Å². The second-order valence-corrected chi connectivity index (χ2v) is 6.15. The quantitative estimate of drug-likeness (QED) is 0.913. The van der Waals surface area contributed by atoms with Crippen molar-refractivity contribution in [2.45, 2.75) is 42.4 Å². The average molecular weight is 273 g/mol. The van der Waals surface area contributed by atoms with Crippen molar-refractivity contribution in [3.05, 3.63) is 29.8 Å². The molecule has 0 aromatic heterocycles. The minimum atomic E-state index is -1.49. The molecule has 100 valence electrons. The highest BCUT2D eigenvalue weighted by Gasteiger charge is 2.33. The fraction of sp³-hybridized carbons (Fsp3) is 0.538. The van der Waals surface area contributed by atoms with E-state index in [4.69, 9.17) is 0 Å². The molecule has 18 heavy (non-hydrogen) atoms. The van der Waals surface area contributed by atoms with Gasteiger partial charge in [-0.25, -0.2) is 8.78 Å². The van der Waals surface area contributed by atoms with Gasteiger partial charge in [0.15, 0.2) is 0 Å². The van der Waals surface area contributed by atoms with E-state index in [1.165, 1.54) is 0 Å². The van der Waals surface area contributed by atoms with Crippen LogP contribution in [0.4, 0.5) is 8.78 Å². The van der Waals surface area contributed by atoms with E-state index in [0.29, 0.717) is 0 Å². The fourth-order valence-electron chi connectivity index (χ4n) is 2.47. The lowest BCUT2D eigenvalue weighted by atomic mass is 10.2. The Morgan fingerprint density at radius 3 is 2.89 bits per heavy atom. The summed E-state index contributed by atoms with van der Waals surface area (Å²) < 4.78 is 39.1. The lowest BCUT2D eigenvalue weighted by molar-refractivity contribution is 0.535. The highest BCUT2D eigenvalue weighted by atomic mass is 32.2. The van der Waals surface area contributed by atoms with Gasteiger partial charge in [0.05, 0.1) is 20.9 Å². The first-order valence-corrected chi connectivity index (χ1v) is 7.43. The van der Waals surface area contributed by atoms with Crippen molar-refractivity contribution in [3.63, 3.8) is 0 Å². The Kier molecular flexibility index (Phi) is 4.45. The molecule has 2 rings (SSSR count). The van der Waals surface area contributed by atoms with Crippen LogP contribution < -0.4 is 5.32 Å². The van der Waals surface area contributed by atoms with E-state index in [1.54, 1.807) is 0 Å². The molecule has 0 spiro atoms. The molecule has 1 aromatic carbocycles. The van der Waals surface area contributed by atoms with Gasteiger partial charge in [-0.3, -0.25) is 4.21 Å². The Bertz CT molecular complexity index is 453. The summed E-state index contributed by atoms with van der Waals surface area (Å²) >= 11 is 0. The Morgan fingerprint density at radius 2 is 2.17 bits per heavy atom. The predicted octanol–water partition coefficient (Wildman–Crippen LogP) is 2.60. The summed E-state index contributed by atoms with van der Waals surface area (Å²) in [6.07, 6.45) is 2.71. The molecule has 0 bridgehead atoms. The molecule has 0 heterocycles. The van der Waals surface area contributed by atoms with Gasteiger partial charge in [0.2, 0.25) is 0 Å². The van der Waals surface area contributed by atoms with Crippen LogP contribution in [0.25, 0.3) is 0 Å². The van der Waals surface area contributed by atoms with Crippen LogP contribution in [0.3, 0.4) is 0 Å². The maximum absolute atomic E-state index is 13.6. The molecule has 1 saturated carbocycles. The molecular formula is C13H17F2NOS. The first-order chi connectivity index (χ1) is 8.63. The van der Waals surface area contributed by atoms with Crippen molar-refractivity contribution >= 4 is 10.8 Å². The molecular weight excluding hydrogens is 256 g/mol. The van der Waals surface area contributed by atoms with Crippen LogP contribution >= 0.6 is 0 Å². The number of rotatable bonds is 4. The maximum Gasteiger partial charge on any atom is 0.139 e. The van der Waals surface area contributed by atoms with E-state index in [9.17, 15) is 13.0 Å². The van der Waals surface area contributed by atoms with Gasteiger partial charge < -0.3 is 5.32 Å². The highest BCUT2D eigenvalue weighted by molar-refractivity contribution is 7.85. The molecule has 1 fully saturated rings. The van der Waals surface area contributed by atoms with E-state index < -0.39 is 22.4 Å². The summed E-state index contributed by atoms with van der Waals surface area (Å²) in [5, 5.41) is 3.15. The molecule has 3 atom stereocenters. The predicted molar refractivity (Wildman–Crippen MR) is 67.9 cm³/mol. The Hall–Kier alpha value is -0.810. The summed E-state index contributed by atoms with van der Waals surface area (Å²) in [7, 11) is -1.49. The molecule has 0 aliphatic heterocycles. The average Bonchev–Trinajstić information content (AvgIpc) is 2.80. The first-order valence-electron chi connectivity index (χ1n) is 6.22. The van der Waals surface area contributed by atoms with Crippen LogP contribution in [0, 0.1) is 11.6 Å². The third kappa shape index (κ3) is 2.78. The summed E-state index contributed by atoms with van der Waals surface area (Å²) in [5.74, 6) is -1.13. The number of nitrogens with one attached hydrogen (secondary N) is 1. The van der Waals surface area contributed by atoms with Gasteiger partial charge in [0.25, 0.3) is 0 Å². The molecule has 2 nitrogen and oxygen atoms in total. The van der Waals surface area contributed by atoms with Gasteiger partial charge in [-0.15, -0.1) is 0 Å². The van der Waals surface area contributed by atoms with Crippen LogP contribution in [-0.4, -0.2) is 22.0 Å².